The summed E-state index contributed by atoms with van der Waals surface area (Å²) < 4.78 is 19.8. The third kappa shape index (κ3) is 3.63. The molecular weight excluding hydrogens is 425 g/mol. The minimum Gasteiger partial charge on any atom is -0.486 e. The highest BCUT2D eigenvalue weighted by molar-refractivity contribution is 6.02. The van der Waals surface area contributed by atoms with Crippen LogP contribution in [0, 0.1) is 11.8 Å². The van der Waals surface area contributed by atoms with Gasteiger partial charge >= 0.3 is 0 Å². The summed E-state index contributed by atoms with van der Waals surface area (Å²) in [5, 5.41) is 5.65. The van der Waals surface area contributed by atoms with Crippen LogP contribution in [0.3, 0.4) is 0 Å². The molecule has 0 aromatic heterocycles. The van der Waals surface area contributed by atoms with E-state index in [1.807, 2.05) is 30.3 Å². The Morgan fingerprint density at radius 2 is 1.79 bits per heavy atom. The van der Waals surface area contributed by atoms with Crippen molar-refractivity contribution in [3.8, 4) is 5.75 Å². The second-order valence-corrected chi connectivity index (χ2v) is 8.97. The second-order valence-electron chi connectivity index (χ2n) is 8.97. The lowest BCUT2D eigenvalue weighted by atomic mass is 9.86. The Bertz CT molecular complexity index is 1110. The third-order valence-electron chi connectivity index (χ3n) is 7.08. The van der Waals surface area contributed by atoms with Gasteiger partial charge in [-0.15, -0.1) is 0 Å². The number of rotatable bonds is 5. The number of fused-ring (bicyclic) bond motifs is 2. The first-order valence-electron chi connectivity index (χ1n) is 11.2. The van der Waals surface area contributed by atoms with E-state index in [-0.39, 0.29) is 35.3 Å². The molecule has 0 radical (unpaired) electrons. The first-order valence-corrected chi connectivity index (χ1v) is 11.2. The topological polar surface area (TPSA) is 87.7 Å². The summed E-state index contributed by atoms with van der Waals surface area (Å²) in [5.41, 5.74) is 2.05. The number of carbonyl (C=O) groups is 3. The molecule has 1 aliphatic carbocycles. The van der Waals surface area contributed by atoms with Crippen molar-refractivity contribution in [1.82, 2.24) is 15.5 Å². The molecule has 7 nitrogen and oxygen atoms in total. The Morgan fingerprint density at radius 3 is 2.39 bits per heavy atom. The summed E-state index contributed by atoms with van der Waals surface area (Å²) in [5.74, 6) is -0.200. The Labute approximate surface area is 191 Å². The summed E-state index contributed by atoms with van der Waals surface area (Å²) in [7, 11) is 1.50. The normalized spacial score (nSPS) is 26.8. The Balaban J connectivity index is 1.46. The molecule has 5 atom stereocenters. The zero-order valence-electron chi connectivity index (χ0n) is 18.5. The van der Waals surface area contributed by atoms with Crippen LogP contribution in [0.15, 0.2) is 42.5 Å². The number of carbonyl (C=O) groups excluding carboxylic acids is 3. The Hall–Kier alpha value is -3.42. The van der Waals surface area contributed by atoms with Crippen LogP contribution >= 0.6 is 0 Å². The van der Waals surface area contributed by atoms with Crippen LogP contribution in [-0.4, -0.2) is 61.6 Å². The van der Waals surface area contributed by atoms with Gasteiger partial charge in [0.15, 0.2) is 0 Å². The fourth-order valence-electron chi connectivity index (χ4n) is 5.28. The van der Waals surface area contributed by atoms with Crippen LogP contribution in [0.5, 0.6) is 5.75 Å². The van der Waals surface area contributed by atoms with Crippen molar-refractivity contribution in [2.75, 3.05) is 26.8 Å². The predicted molar refractivity (Wildman–Crippen MR) is 119 cm³/mol. The predicted octanol–water partition coefficient (Wildman–Crippen LogP) is 2.12. The highest BCUT2D eigenvalue weighted by Gasteiger charge is 2.57. The number of likely N-dealkylation sites (tertiary alicyclic amines) is 1. The Morgan fingerprint density at radius 1 is 1.09 bits per heavy atom. The van der Waals surface area contributed by atoms with Crippen molar-refractivity contribution in [3.05, 3.63) is 64.7 Å². The number of hydrogen-bond donors (Lipinski definition) is 2. The molecule has 1 saturated carbocycles. The molecule has 8 heteroatoms. The number of ether oxygens (including phenoxy) is 1. The van der Waals surface area contributed by atoms with Gasteiger partial charge in [-0.1, -0.05) is 30.3 Å². The molecule has 33 heavy (non-hydrogen) atoms. The first kappa shape index (κ1) is 21.4. The van der Waals surface area contributed by atoms with E-state index in [2.05, 4.69) is 10.6 Å². The largest absolute Gasteiger partial charge is 0.486 e. The molecule has 2 fully saturated rings. The van der Waals surface area contributed by atoms with E-state index in [1.165, 1.54) is 13.1 Å². The lowest BCUT2D eigenvalue weighted by molar-refractivity contribution is -0.128. The van der Waals surface area contributed by atoms with E-state index in [4.69, 9.17) is 4.74 Å². The number of amides is 3. The van der Waals surface area contributed by atoms with Gasteiger partial charge in [0.2, 0.25) is 5.91 Å². The molecule has 2 aromatic carbocycles. The van der Waals surface area contributed by atoms with Crippen molar-refractivity contribution in [3.63, 3.8) is 0 Å². The summed E-state index contributed by atoms with van der Waals surface area (Å²) in [6, 6.07) is 12.6. The van der Waals surface area contributed by atoms with Crippen molar-refractivity contribution >= 4 is 17.7 Å². The average molecular weight is 451 g/mol. The lowest BCUT2D eigenvalue weighted by Gasteiger charge is -2.18. The highest BCUT2D eigenvalue weighted by atomic mass is 19.1. The van der Waals surface area contributed by atoms with E-state index < -0.39 is 24.6 Å². The molecule has 3 aliphatic rings. The lowest BCUT2D eigenvalue weighted by Crippen LogP contribution is -2.36. The summed E-state index contributed by atoms with van der Waals surface area (Å²) >= 11 is 0. The molecule has 2 heterocycles. The Kier molecular flexibility index (Phi) is 5.31. The number of piperidine rings is 1. The maximum absolute atomic E-state index is 13.9. The maximum atomic E-state index is 13.9. The third-order valence-corrected chi connectivity index (χ3v) is 7.08. The van der Waals surface area contributed by atoms with Crippen LogP contribution in [0.4, 0.5) is 4.39 Å². The van der Waals surface area contributed by atoms with Gasteiger partial charge in [-0.05, 0) is 17.7 Å². The standard InChI is InChI=1S/C25H26FN3O4/c1-13(30)29-11-18-19(12-29)22(18)28-24(31)15-8-16-21(14-6-4-3-5-7-14)20(10-26)33-23(16)17(9-15)25(32)27-2/h3-9,18-22H,10-12H2,1-2H3,(H,27,32)(H,28,31)/t18-,19+,20-,21+,22?/m1/s1. The second kappa shape index (κ2) is 8.17. The van der Waals surface area contributed by atoms with Crippen LogP contribution in [-0.2, 0) is 4.79 Å². The van der Waals surface area contributed by atoms with Gasteiger partial charge in [0.25, 0.3) is 11.8 Å². The molecule has 172 valence electrons. The van der Waals surface area contributed by atoms with Crippen molar-refractivity contribution in [2.45, 2.75) is 25.0 Å². The van der Waals surface area contributed by atoms with Crippen molar-refractivity contribution in [2.24, 2.45) is 11.8 Å². The van der Waals surface area contributed by atoms with Gasteiger partial charge < -0.3 is 20.3 Å². The number of halogens is 1. The van der Waals surface area contributed by atoms with Gasteiger partial charge in [0, 0.05) is 56.1 Å². The van der Waals surface area contributed by atoms with Crippen LogP contribution in [0.25, 0.3) is 0 Å². The van der Waals surface area contributed by atoms with E-state index in [0.717, 1.165) is 5.56 Å². The molecule has 1 unspecified atom stereocenters. The van der Waals surface area contributed by atoms with E-state index in [1.54, 1.807) is 17.9 Å². The molecule has 2 aliphatic heterocycles. The fourth-order valence-corrected chi connectivity index (χ4v) is 5.28. The number of nitrogens with one attached hydrogen (secondary N) is 2. The van der Waals surface area contributed by atoms with Crippen molar-refractivity contribution < 1.29 is 23.5 Å². The summed E-state index contributed by atoms with van der Waals surface area (Å²) in [6.07, 6.45) is -0.774. The molecule has 3 amide bonds. The molecule has 0 spiro atoms. The number of alkyl halides is 1. The SMILES string of the molecule is CNC(=O)c1cc(C(=O)NC2[C@H]3CN(C(C)=O)C[C@@H]23)cc2c1O[C@H](CF)[C@H]2c1ccccc1. The number of nitrogens with zero attached hydrogens (tertiary/aromatic N) is 1. The average Bonchev–Trinajstić information content (AvgIpc) is 3.18. The van der Waals surface area contributed by atoms with Crippen LogP contribution in [0.2, 0.25) is 0 Å². The summed E-state index contributed by atoms with van der Waals surface area (Å²) in [4.78, 5) is 39.2. The first-order chi connectivity index (χ1) is 15.9. The zero-order chi connectivity index (χ0) is 23.3. The molecule has 2 aromatic rings. The molecule has 0 bridgehead atoms. The summed E-state index contributed by atoms with van der Waals surface area (Å²) in [6.45, 7) is 2.14. The van der Waals surface area contributed by atoms with E-state index >= 15 is 0 Å². The molecule has 1 saturated heterocycles. The minimum absolute atomic E-state index is 0.0181. The quantitative estimate of drug-likeness (QED) is 0.729. The van der Waals surface area contributed by atoms with Crippen LogP contribution < -0.4 is 15.4 Å². The zero-order valence-corrected chi connectivity index (χ0v) is 18.5. The maximum Gasteiger partial charge on any atom is 0.254 e. The van der Waals surface area contributed by atoms with Gasteiger partial charge in [-0.2, -0.15) is 0 Å². The van der Waals surface area contributed by atoms with Crippen LogP contribution in [0.1, 0.15) is 44.7 Å². The minimum atomic E-state index is -0.774. The number of hydrogen-bond acceptors (Lipinski definition) is 4. The van der Waals surface area contributed by atoms with E-state index in [9.17, 15) is 18.8 Å². The van der Waals surface area contributed by atoms with Gasteiger partial charge in [0.1, 0.15) is 18.5 Å². The monoisotopic (exact) mass is 451 g/mol. The number of benzene rings is 2. The van der Waals surface area contributed by atoms with Gasteiger partial charge in [-0.3, -0.25) is 14.4 Å². The molecule has 2 N–H and O–H groups in total. The smallest absolute Gasteiger partial charge is 0.254 e. The van der Waals surface area contributed by atoms with Gasteiger partial charge in [-0.25, -0.2) is 4.39 Å². The fraction of sp³-hybridized carbons (Fsp3) is 0.400. The van der Waals surface area contributed by atoms with E-state index in [0.29, 0.717) is 30.0 Å². The molecular formula is C25H26FN3O4. The molecule has 5 rings (SSSR count). The van der Waals surface area contributed by atoms with Gasteiger partial charge in [0.05, 0.1) is 11.5 Å². The van der Waals surface area contributed by atoms with Crippen molar-refractivity contribution in [1.29, 1.82) is 0 Å². The highest BCUT2D eigenvalue weighted by Crippen LogP contribution is 2.47.